The van der Waals surface area contributed by atoms with Crippen molar-refractivity contribution in [3.05, 3.63) is 59.9 Å². The number of rotatable bonds is 6. The zero-order valence-electron chi connectivity index (χ0n) is 15.9. The Balaban J connectivity index is 1.50. The third-order valence-electron chi connectivity index (χ3n) is 4.82. The second kappa shape index (κ2) is 9.26. The zero-order valence-corrected chi connectivity index (χ0v) is 15.9. The molecule has 0 bridgehead atoms. The van der Waals surface area contributed by atoms with E-state index in [4.69, 9.17) is 4.74 Å². The molecule has 1 heterocycles. The van der Waals surface area contributed by atoms with E-state index in [0.717, 1.165) is 36.9 Å². The highest BCUT2D eigenvalue weighted by Gasteiger charge is 2.25. The van der Waals surface area contributed by atoms with Crippen molar-refractivity contribution in [1.82, 2.24) is 10.6 Å². The van der Waals surface area contributed by atoms with Crippen LogP contribution in [0.5, 0.6) is 5.75 Å². The van der Waals surface area contributed by atoms with E-state index in [0.29, 0.717) is 24.6 Å². The van der Waals surface area contributed by atoms with Gasteiger partial charge in [-0.25, -0.2) is 4.39 Å². The summed E-state index contributed by atoms with van der Waals surface area (Å²) >= 11 is 0. The number of aliphatic imine (C=N–C) groups is 1. The van der Waals surface area contributed by atoms with Crippen LogP contribution in [0.25, 0.3) is 0 Å². The Bertz CT molecular complexity index is 780. The van der Waals surface area contributed by atoms with E-state index in [9.17, 15) is 4.39 Å². The fourth-order valence-electron chi connectivity index (χ4n) is 3.39. The molecule has 1 aliphatic heterocycles. The van der Waals surface area contributed by atoms with Gasteiger partial charge in [-0.2, -0.15) is 0 Å². The van der Waals surface area contributed by atoms with Crippen LogP contribution in [0.3, 0.4) is 0 Å². The van der Waals surface area contributed by atoms with Gasteiger partial charge in [0.1, 0.15) is 11.6 Å². The van der Waals surface area contributed by atoms with Gasteiger partial charge in [-0.1, -0.05) is 30.3 Å². The summed E-state index contributed by atoms with van der Waals surface area (Å²) in [6.07, 6.45) is 1.64. The first-order valence-electron chi connectivity index (χ1n) is 9.30. The highest BCUT2D eigenvalue weighted by Crippen LogP contribution is 2.30. The molecule has 144 valence electrons. The lowest BCUT2D eigenvalue weighted by Gasteiger charge is -2.22. The molecule has 0 radical (unpaired) electrons. The van der Waals surface area contributed by atoms with Gasteiger partial charge in [0, 0.05) is 32.7 Å². The van der Waals surface area contributed by atoms with Crippen molar-refractivity contribution in [2.24, 2.45) is 4.99 Å². The summed E-state index contributed by atoms with van der Waals surface area (Å²) in [4.78, 5) is 6.62. The fraction of sp³-hybridized carbons (Fsp3) is 0.381. The fourth-order valence-corrected chi connectivity index (χ4v) is 3.39. The first kappa shape index (κ1) is 19.0. The molecule has 1 unspecified atom stereocenters. The van der Waals surface area contributed by atoms with Crippen molar-refractivity contribution in [1.29, 1.82) is 0 Å². The third kappa shape index (κ3) is 4.90. The van der Waals surface area contributed by atoms with Crippen molar-refractivity contribution >= 4 is 11.6 Å². The predicted octanol–water partition coefficient (Wildman–Crippen LogP) is 2.82. The number of hydrogen-bond acceptors (Lipinski definition) is 3. The minimum atomic E-state index is -0.162. The molecule has 2 N–H and O–H groups in total. The molecular weight excluding hydrogens is 343 g/mol. The van der Waals surface area contributed by atoms with E-state index in [-0.39, 0.29) is 5.82 Å². The lowest BCUT2D eigenvalue weighted by molar-refractivity contribution is 0.415. The SMILES string of the molecule is CN=C(NCCc1ccccc1F)NC1CCN(c2ccccc2OC)C1. The highest BCUT2D eigenvalue weighted by molar-refractivity contribution is 5.80. The second-order valence-corrected chi connectivity index (χ2v) is 6.59. The molecule has 6 heteroatoms. The minimum Gasteiger partial charge on any atom is -0.495 e. The van der Waals surface area contributed by atoms with Crippen molar-refractivity contribution in [3.8, 4) is 5.75 Å². The Morgan fingerprint density at radius 1 is 1.22 bits per heavy atom. The summed E-state index contributed by atoms with van der Waals surface area (Å²) in [6.45, 7) is 2.47. The average Bonchev–Trinajstić information content (AvgIpc) is 3.17. The number of nitrogens with one attached hydrogen (secondary N) is 2. The quantitative estimate of drug-likeness (QED) is 0.606. The van der Waals surface area contributed by atoms with Gasteiger partial charge < -0.3 is 20.3 Å². The highest BCUT2D eigenvalue weighted by atomic mass is 19.1. The lowest BCUT2D eigenvalue weighted by atomic mass is 10.1. The van der Waals surface area contributed by atoms with Crippen LogP contribution >= 0.6 is 0 Å². The molecule has 0 amide bonds. The number of ether oxygens (including phenoxy) is 1. The number of guanidine groups is 1. The van der Waals surface area contributed by atoms with Crippen molar-refractivity contribution in [2.45, 2.75) is 18.9 Å². The maximum Gasteiger partial charge on any atom is 0.191 e. The molecule has 0 aromatic heterocycles. The largest absolute Gasteiger partial charge is 0.495 e. The maximum absolute atomic E-state index is 13.7. The summed E-state index contributed by atoms with van der Waals surface area (Å²) in [5, 5.41) is 6.74. The van der Waals surface area contributed by atoms with Crippen molar-refractivity contribution in [3.63, 3.8) is 0 Å². The molecule has 0 spiro atoms. The molecule has 3 rings (SSSR count). The van der Waals surface area contributed by atoms with Crippen LogP contribution in [0.1, 0.15) is 12.0 Å². The van der Waals surface area contributed by atoms with Crippen LogP contribution in [0.2, 0.25) is 0 Å². The van der Waals surface area contributed by atoms with Gasteiger partial charge >= 0.3 is 0 Å². The van der Waals surface area contributed by atoms with Crippen LogP contribution in [0, 0.1) is 5.82 Å². The molecule has 1 aliphatic rings. The van der Waals surface area contributed by atoms with Gasteiger partial charge in [0.15, 0.2) is 5.96 Å². The Morgan fingerprint density at radius 3 is 2.78 bits per heavy atom. The molecule has 0 aliphatic carbocycles. The normalized spacial score (nSPS) is 17.1. The third-order valence-corrected chi connectivity index (χ3v) is 4.82. The molecule has 2 aromatic rings. The second-order valence-electron chi connectivity index (χ2n) is 6.59. The number of methoxy groups -OCH3 is 1. The molecule has 2 aromatic carbocycles. The Kier molecular flexibility index (Phi) is 6.52. The van der Waals surface area contributed by atoms with Crippen LogP contribution in [-0.2, 0) is 6.42 Å². The number of halogens is 1. The molecular formula is C21H27FN4O. The van der Waals surface area contributed by atoms with E-state index in [1.54, 1.807) is 20.2 Å². The minimum absolute atomic E-state index is 0.162. The number of benzene rings is 2. The van der Waals surface area contributed by atoms with Crippen LogP contribution < -0.4 is 20.3 Å². The van der Waals surface area contributed by atoms with Crippen LogP contribution in [0.15, 0.2) is 53.5 Å². The standard InChI is InChI=1S/C21H27FN4O/c1-23-21(24-13-11-16-7-3-4-8-18(16)22)25-17-12-14-26(15-17)19-9-5-6-10-20(19)27-2/h3-10,17H,11-15H2,1-2H3,(H2,23,24,25). The van der Waals surface area contributed by atoms with Crippen LogP contribution in [0.4, 0.5) is 10.1 Å². The maximum atomic E-state index is 13.7. The van der Waals surface area contributed by atoms with E-state index in [2.05, 4.69) is 26.6 Å². The topological polar surface area (TPSA) is 48.9 Å². The number of para-hydroxylation sites is 2. The molecule has 5 nitrogen and oxygen atoms in total. The lowest BCUT2D eigenvalue weighted by Crippen LogP contribution is -2.45. The molecule has 1 atom stereocenters. The molecule has 0 saturated carbocycles. The van der Waals surface area contributed by atoms with Crippen molar-refractivity contribution < 1.29 is 9.13 Å². The zero-order chi connectivity index (χ0) is 19.1. The van der Waals surface area contributed by atoms with Crippen molar-refractivity contribution in [2.75, 3.05) is 38.7 Å². The Hall–Kier alpha value is -2.76. The number of anilines is 1. The van der Waals surface area contributed by atoms with Gasteiger partial charge in [0.2, 0.25) is 0 Å². The van der Waals surface area contributed by atoms with E-state index < -0.39 is 0 Å². The summed E-state index contributed by atoms with van der Waals surface area (Å²) in [6, 6.07) is 15.3. The first-order chi connectivity index (χ1) is 13.2. The van der Waals surface area contributed by atoms with E-state index >= 15 is 0 Å². The Morgan fingerprint density at radius 2 is 2.00 bits per heavy atom. The molecule has 1 fully saturated rings. The summed E-state index contributed by atoms with van der Waals surface area (Å²) in [7, 11) is 3.46. The first-order valence-corrected chi connectivity index (χ1v) is 9.30. The van der Waals surface area contributed by atoms with E-state index in [1.807, 2.05) is 30.3 Å². The average molecular weight is 370 g/mol. The van der Waals surface area contributed by atoms with Crippen LogP contribution in [-0.4, -0.2) is 45.8 Å². The van der Waals surface area contributed by atoms with E-state index in [1.165, 1.54) is 6.07 Å². The van der Waals surface area contributed by atoms with Gasteiger partial charge in [0.05, 0.1) is 12.8 Å². The van der Waals surface area contributed by atoms with Gasteiger partial charge in [-0.3, -0.25) is 4.99 Å². The molecule has 27 heavy (non-hydrogen) atoms. The van der Waals surface area contributed by atoms with Gasteiger partial charge in [-0.15, -0.1) is 0 Å². The summed E-state index contributed by atoms with van der Waals surface area (Å²) in [5.41, 5.74) is 1.83. The van der Waals surface area contributed by atoms with Gasteiger partial charge in [-0.05, 0) is 36.6 Å². The smallest absolute Gasteiger partial charge is 0.191 e. The number of hydrogen-bond donors (Lipinski definition) is 2. The predicted molar refractivity (Wildman–Crippen MR) is 108 cm³/mol. The monoisotopic (exact) mass is 370 g/mol. The summed E-state index contributed by atoms with van der Waals surface area (Å²) < 4.78 is 19.2. The number of nitrogens with zero attached hydrogens (tertiary/aromatic N) is 2. The Labute approximate surface area is 160 Å². The van der Waals surface area contributed by atoms with Gasteiger partial charge in [0.25, 0.3) is 0 Å². The summed E-state index contributed by atoms with van der Waals surface area (Å²) in [5.74, 6) is 1.48. The molecule has 1 saturated heterocycles.